The minimum Gasteiger partial charge on any atom is -0.370 e. The van der Waals surface area contributed by atoms with Gasteiger partial charge in [0.1, 0.15) is 5.82 Å². The number of aromatic nitrogens is 3. The fraction of sp³-hybridized carbons (Fsp3) is 0.316. The number of nitriles is 1. The zero-order chi connectivity index (χ0) is 19.0. The molecule has 27 heavy (non-hydrogen) atoms. The van der Waals surface area contributed by atoms with Gasteiger partial charge in [-0.25, -0.2) is 0 Å². The molecule has 0 aliphatic carbocycles. The number of anilines is 1. The quantitative estimate of drug-likeness (QED) is 0.683. The molecule has 0 spiro atoms. The molecule has 0 N–H and O–H groups in total. The van der Waals surface area contributed by atoms with Crippen LogP contribution in [-0.4, -0.2) is 27.7 Å². The number of halogens is 3. The zero-order valence-corrected chi connectivity index (χ0v) is 14.3. The van der Waals surface area contributed by atoms with Crippen molar-refractivity contribution in [3.63, 3.8) is 0 Å². The third-order valence-electron chi connectivity index (χ3n) is 4.90. The van der Waals surface area contributed by atoms with Crippen molar-refractivity contribution >= 4 is 11.3 Å². The van der Waals surface area contributed by atoms with Crippen LogP contribution in [-0.2, 0) is 6.18 Å². The van der Waals surface area contributed by atoms with Crippen LogP contribution >= 0.6 is 0 Å². The lowest BCUT2D eigenvalue weighted by Gasteiger charge is -2.35. The van der Waals surface area contributed by atoms with Gasteiger partial charge < -0.3 is 4.90 Å². The number of benzene rings is 1. The van der Waals surface area contributed by atoms with Crippen LogP contribution in [0.4, 0.5) is 18.9 Å². The summed E-state index contributed by atoms with van der Waals surface area (Å²) in [5, 5.41) is 17.5. The predicted octanol–water partition coefficient (Wildman–Crippen LogP) is 4.00. The Morgan fingerprint density at radius 1 is 1.15 bits per heavy atom. The van der Waals surface area contributed by atoms with Gasteiger partial charge in [0.25, 0.3) is 0 Å². The van der Waals surface area contributed by atoms with Gasteiger partial charge in [0, 0.05) is 25.2 Å². The number of fused-ring (bicyclic) bond motifs is 1. The second-order valence-corrected chi connectivity index (χ2v) is 6.61. The van der Waals surface area contributed by atoms with Gasteiger partial charge in [0.15, 0.2) is 5.65 Å². The molecular formula is C19H16F3N5. The summed E-state index contributed by atoms with van der Waals surface area (Å²) in [6.45, 7) is 0.902. The van der Waals surface area contributed by atoms with E-state index in [0.717, 1.165) is 24.7 Å². The van der Waals surface area contributed by atoms with Crippen LogP contribution in [0.1, 0.15) is 35.7 Å². The van der Waals surface area contributed by atoms with Crippen molar-refractivity contribution < 1.29 is 13.2 Å². The summed E-state index contributed by atoms with van der Waals surface area (Å²) in [4.78, 5) is 1.71. The molecule has 1 saturated heterocycles. The fourth-order valence-electron chi connectivity index (χ4n) is 3.65. The molecule has 4 rings (SSSR count). The van der Waals surface area contributed by atoms with Crippen LogP contribution in [0, 0.1) is 11.3 Å². The second kappa shape index (κ2) is 6.58. The van der Waals surface area contributed by atoms with E-state index in [9.17, 15) is 13.2 Å². The molecular weight excluding hydrogens is 355 g/mol. The lowest BCUT2D eigenvalue weighted by atomic mass is 9.95. The number of nitrogens with zero attached hydrogens (tertiary/aromatic N) is 5. The molecule has 1 atom stereocenters. The summed E-state index contributed by atoms with van der Waals surface area (Å²) in [6, 6.07) is 11.0. The fourth-order valence-corrected chi connectivity index (χ4v) is 3.65. The Balaban J connectivity index is 1.71. The standard InChI is InChI=1S/C19H16F3N5/c20-19(21,22)15-7-6-13(11-23)10-16(15)26-8-3-4-14(12-26)18-25-24-17-5-1-2-9-27(17)18/h1-2,5-7,9-10,14H,3-4,8,12H2. The van der Waals surface area contributed by atoms with Crippen molar-refractivity contribution in [3.05, 3.63) is 59.5 Å². The highest BCUT2D eigenvalue weighted by atomic mass is 19.4. The molecule has 1 aliphatic rings. The summed E-state index contributed by atoms with van der Waals surface area (Å²) in [7, 11) is 0. The zero-order valence-electron chi connectivity index (χ0n) is 14.3. The Kier molecular flexibility index (Phi) is 4.22. The molecule has 3 aromatic rings. The third kappa shape index (κ3) is 3.21. The largest absolute Gasteiger partial charge is 0.418 e. The van der Waals surface area contributed by atoms with E-state index in [-0.39, 0.29) is 17.2 Å². The van der Waals surface area contributed by atoms with E-state index in [1.165, 1.54) is 12.1 Å². The van der Waals surface area contributed by atoms with E-state index in [1.807, 2.05) is 34.9 Å². The van der Waals surface area contributed by atoms with Crippen molar-refractivity contribution in [2.24, 2.45) is 0 Å². The van der Waals surface area contributed by atoms with Crippen LogP contribution in [0.3, 0.4) is 0 Å². The molecule has 8 heteroatoms. The van der Waals surface area contributed by atoms with Crippen LogP contribution in [0.2, 0.25) is 0 Å². The number of pyridine rings is 1. The number of hydrogen-bond acceptors (Lipinski definition) is 4. The van der Waals surface area contributed by atoms with Gasteiger partial charge in [0.05, 0.1) is 22.9 Å². The van der Waals surface area contributed by atoms with Gasteiger partial charge in [0.2, 0.25) is 0 Å². The maximum atomic E-state index is 13.5. The summed E-state index contributed by atoms with van der Waals surface area (Å²) in [6.07, 6.45) is -1.05. The smallest absolute Gasteiger partial charge is 0.370 e. The molecule has 3 heterocycles. The molecule has 138 valence electrons. The van der Waals surface area contributed by atoms with Crippen molar-refractivity contribution in [2.45, 2.75) is 24.9 Å². The average Bonchev–Trinajstić information content (AvgIpc) is 3.11. The first kappa shape index (κ1) is 17.3. The van der Waals surface area contributed by atoms with Crippen molar-refractivity contribution in [2.75, 3.05) is 18.0 Å². The minimum atomic E-state index is -4.47. The van der Waals surface area contributed by atoms with Crippen LogP contribution in [0.25, 0.3) is 5.65 Å². The molecule has 5 nitrogen and oxygen atoms in total. The van der Waals surface area contributed by atoms with Crippen LogP contribution in [0.5, 0.6) is 0 Å². The highest BCUT2D eigenvalue weighted by Gasteiger charge is 2.36. The van der Waals surface area contributed by atoms with Gasteiger partial charge in [-0.05, 0) is 43.2 Å². The SMILES string of the molecule is N#Cc1ccc(C(F)(F)F)c(N2CCCC(c3nnc4ccccn34)C2)c1. The highest BCUT2D eigenvalue weighted by molar-refractivity contribution is 5.59. The molecule has 0 amide bonds. The first-order valence-electron chi connectivity index (χ1n) is 8.63. The topological polar surface area (TPSA) is 57.2 Å². The summed E-state index contributed by atoms with van der Waals surface area (Å²) in [5.41, 5.74) is 0.272. The van der Waals surface area contributed by atoms with Gasteiger partial charge in [-0.1, -0.05) is 6.07 Å². The minimum absolute atomic E-state index is 0.0389. The summed E-state index contributed by atoms with van der Waals surface area (Å²) >= 11 is 0. The molecule has 0 radical (unpaired) electrons. The van der Waals surface area contributed by atoms with E-state index in [0.29, 0.717) is 18.7 Å². The van der Waals surface area contributed by atoms with E-state index in [4.69, 9.17) is 5.26 Å². The van der Waals surface area contributed by atoms with Gasteiger partial charge >= 0.3 is 6.18 Å². The normalized spacial score (nSPS) is 17.9. The summed E-state index contributed by atoms with van der Waals surface area (Å²) < 4.78 is 42.3. The van der Waals surface area contributed by atoms with E-state index in [1.54, 1.807) is 4.90 Å². The molecule has 0 bridgehead atoms. The molecule has 1 unspecified atom stereocenters. The molecule has 2 aromatic heterocycles. The van der Waals surface area contributed by atoms with Crippen molar-refractivity contribution in [1.29, 1.82) is 5.26 Å². The number of hydrogen-bond donors (Lipinski definition) is 0. The van der Waals surface area contributed by atoms with Gasteiger partial charge in [-0.15, -0.1) is 10.2 Å². The first-order valence-corrected chi connectivity index (χ1v) is 8.63. The number of piperidine rings is 1. The van der Waals surface area contributed by atoms with E-state index in [2.05, 4.69) is 10.2 Å². The number of rotatable bonds is 2. The predicted molar refractivity (Wildman–Crippen MR) is 93.3 cm³/mol. The Labute approximate surface area is 153 Å². The van der Waals surface area contributed by atoms with Gasteiger partial charge in [-0.3, -0.25) is 4.40 Å². The molecule has 0 saturated carbocycles. The first-order chi connectivity index (χ1) is 13.0. The Morgan fingerprint density at radius 2 is 2.00 bits per heavy atom. The highest BCUT2D eigenvalue weighted by Crippen LogP contribution is 2.39. The van der Waals surface area contributed by atoms with Crippen LogP contribution < -0.4 is 4.90 Å². The van der Waals surface area contributed by atoms with Crippen molar-refractivity contribution in [1.82, 2.24) is 14.6 Å². The number of alkyl halides is 3. The Hall–Kier alpha value is -3.08. The second-order valence-electron chi connectivity index (χ2n) is 6.61. The summed E-state index contributed by atoms with van der Waals surface area (Å²) in [5.74, 6) is 0.711. The lowest BCUT2D eigenvalue weighted by Crippen LogP contribution is -2.36. The third-order valence-corrected chi connectivity index (χ3v) is 4.90. The van der Waals surface area contributed by atoms with Gasteiger partial charge in [-0.2, -0.15) is 18.4 Å². The lowest BCUT2D eigenvalue weighted by molar-refractivity contribution is -0.137. The van der Waals surface area contributed by atoms with Crippen molar-refractivity contribution in [3.8, 4) is 6.07 Å². The molecule has 1 aliphatic heterocycles. The molecule has 1 aromatic carbocycles. The van der Waals surface area contributed by atoms with Crippen LogP contribution in [0.15, 0.2) is 42.6 Å². The average molecular weight is 371 g/mol. The Morgan fingerprint density at radius 3 is 2.78 bits per heavy atom. The van der Waals surface area contributed by atoms with E-state index >= 15 is 0 Å². The molecule has 1 fully saturated rings. The monoisotopic (exact) mass is 371 g/mol. The maximum absolute atomic E-state index is 13.5. The maximum Gasteiger partial charge on any atom is 0.418 e. The van der Waals surface area contributed by atoms with E-state index < -0.39 is 11.7 Å². The Bertz CT molecular complexity index is 1020.